The molecule has 1 aromatic rings. The smallest absolute Gasteiger partial charge is 0.251 e. The maximum atomic E-state index is 13.0. The Kier molecular flexibility index (Phi) is 3.36. The predicted molar refractivity (Wildman–Crippen MR) is 67.3 cm³/mol. The van der Waals surface area contributed by atoms with Crippen LogP contribution in [0.2, 0.25) is 10.0 Å². The molecule has 1 aliphatic heterocycles. The Labute approximate surface area is 108 Å². The van der Waals surface area contributed by atoms with Crippen molar-refractivity contribution in [2.45, 2.75) is 18.8 Å². The molecule has 0 unspecified atom stereocenters. The maximum absolute atomic E-state index is 13.0. The van der Waals surface area contributed by atoms with Gasteiger partial charge in [0.25, 0.3) is 5.92 Å². The second kappa shape index (κ2) is 4.50. The molecule has 0 spiro atoms. The second-order valence-corrected chi connectivity index (χ2v) is 4.99. The van der Waals surface area contributed by atoms with Crippen molar-refractivity contribution in [2.75, 3.05) is 23.7 Å². The summed E-state index contributed by atoms with van der Waals surface area (Å²) in [7, 11) is 0. The molecule has 2 N–H and O–H groups in total. The molecule has 0 atom stereocenters. The first kappa shape index (κ1) is 12.7. The van der Waals surface area contributed by atoms with E-state index < -0.39 is 5.92 Å². The summed E-state index contributed by atoms with van der Waals surface area (Å²) in [4.78, 5) is 1.78. The molecule has 1 aromatic carbocycles. The van der Waals surface area contributed by atoms with Crippen molar-refractivity contribution in [2.24, 2.45) is 0 Å². The largest absolute Gasteiger partial charge is 0.399 e. The van der Waals surface area contributed by atoms with Crippen molar-refractivity contribution >= 4 is 34.6 Å². The lowest BCUT2D eigenvalue weighted by Gasteiger charge is -2.34. The van der Waals surface area contributed by atoms with E-state index in [2.05, 4.69) is 0 Å². The van der Waals surface area contributed by atoms with E-state index in [-0.39, 0.29) is 25.9 Å². The topological polar surface area (TPSA) is 29.3 Å². The minimum atomic E-state index is -2.58. The van der Waals surface area contributed by atoms with E-state index in [1.807, 2.05) is 0 Å². The summed E-state index contributed by atoms with van der Waals surface area (Å²) in [6.45, 7) is 0.493. The van der Waals surface area contributed by atoms with Gasteiger partial charge in [0.1, 0.15) is 0 Å². The molecule has 1 fully saturated rings. The van der Waals surface area contributed by atoms with Gasteiger partial charge in [-0.05, 0) is 12.1 Å². The number of nitrogens with zero attached hydrogens (tertiary/aromatic N) is 1. The summed E-state index contributed by atoms with van der Waals surface area (Å²) in [6, 6.07) is 3.16. The van der Waals surface area contributed by atoms with E-state index in [1.54, 1.807) is 17.0 Å². The molecular weight excluding hydrogens is 269 g/mol. The first-order valence-corrected chi connectivity index (χ1v) is 6.02. The fourth-order valence-corrected chi connectivity index (χ4v) is 2.69. The third-order valence-electron chi connectivity index (χ3n) is 2.85. The zero-order valence-corrected chi connectivity index (χ0v) is 10.5. The molecule has 0 amide bonds. The molecule has 0 bridgehead atoms. The SMILES string of the molecule is Nc1cc(Cl)c(N2CCC(F)(F)CC2)c(Cl)c1. The molecule has 0 radical (unpaired) electrons. The van der Waals surface area contributed by atoms with Crippen molar-refractivity contribution in [3.8, 4) is 0 Å². The first-order chi connectivity index (χ1) is 7.89. The monoisotopic (exact) mass is 280 g/mol. The van der Waals surface area contributed by atoms with Crippen LogP contribution in [0.4, 0.5) is 20.2 Å². The van der Waals surface area contributed by atoms with Crippen LogP contribution < -0.4 is 10.6 Å². The Hall–Kier alpha value is -0.740. The van der Waals surface area contributed by atoms with Crippen LogP contribution in [0.3, 0.4) is 0 Å². The summed E-state index contributed by atoms with van der Waals surface area (Å²) in [6.07, 6.45) is -0.353. The van der Waals surface area contributed by atoms with Gasteiger partial charge in [0.05, 0.1) is 15.7 Å². The van der Waals surface area contributed by atoms with Crippen molar-refractivity contribution in [3.63, 3.8) is 0 Å². The highest BCUT2D eigenvalue weighted by molar-refractivity contribution is 6.39. The summed E-state index contributed by atoms with van der Waals surface area (Å²) in [5.74, 6) is -2.58. The Bertz CT molecular complexity index is 404. The Morgan fingerprint density at radius 2 is 1.59 bits per heavy atom. The van der Waals surface area contributed by atoms with Gasteiger partial charge in [0, 0.05) is 31.6 Å². The third-order valence-corrected chi connectivity index (χ3v) is 3.43. The number of nitrogens with two attached hydrogens (primary N) is 1. The summed E-state index contributed by atoms with van der Waals surface area (Å²) in [5, 5.41) is 0.806. The maximum Gasteiger partial charge on any atom is 0.251 e. The number of hydrogen-bond donors (Lipinski definition) is 1. The average Bonchev–Trinajstić information content (AvgIpc) is 2.19. The van der Waals surface area contributed by atoms with Gasteiger partial charge in [-0.1, -0.05) is 23.2 Å². The van der Waals surface area contributed by atoms with Crippen LogP contribution in [-0.2, 0) is 0 Å². The average molecular weight is 281 g/mol. The van der Waals surface area contributed by atoms with Crippen LogP contribution >= 0.6 is 23.2 Å². The van der Waals surface area contributed by atoms with Gasteiger partial charge in [-0.2, -0.15) is 0 Å². The fourth-order valence-electron chi connectivity index (χ4n) is 1.94. The van der Waals surface area contributed by atoms with Crippen molar-refractivity contribution in [1.29, 1.82) is 0 Å². The number of rotatable bonds is 1. The molecule has 2 nitrogen and oxygen atoms in total. The molecule has 6 heteroatoms. The van der Waals surface area contributed by atoms with Gasteiger partial charge in [0.2, 0.25) is 0 Å². The molecule has 2 rings (SSSR count). The molecule has 0 aromatic heterocycles. The van der Waals surface area contributed by atoms with Crippen molar-refractivity contribution in [1.82, 2.24) is 0 Å². The number of hydrogen-bond acceptors (Lipinski definition) is 2. The summed E-state index contributed by atoms with van der Waals surface area (Å²) >= 11 is 12.1. The van der Waals surface area contributed by atoms with E-state index >= 15 is 0 Å². The summed E-state index contributed by atoms with van der Waals surface area (Å²) < 4.78 is 26.1. The molecule has 1 saturated heterocycles. The number of nitrogen functional groups attached to an aromatic ring is 1. The van der Waals surface area contributed by atoms with E-state index in [0.29, 0.717) is 21.4 Å². The van der Waals surface area contributed by atoms with Gasteiger partial charge in [-0.3, -0.25) is 0 Å². The second-order valence-electron chi connectivity index (χ2n) is 4.18. The predicted octanol–water partition coefficient (Wildman–Crippen LogP) is 3.81. The normalized spacial score (nSPS) is 19.4. The first-order valence-electron chi connectivity index (χ1n) is 5.26. The molecule has 94 valence electrons. The molecule has 1 aliphatic rings. The lowest BCUT2D eigenvalue weighted by atomic mass is 10.1. The van der Waals surface area contributed by atoms with Crippen LogP contribution in [0.1, 0.15) is 12.8 Å². The Morgan fingerprint density at radius 3 is 2.06 bits per heavy atom. The lowest BCUT2D eigenvalue weighted by molar-refractivity contribution is -0.0220. The third kappa shape index (κ3) is 2.75. The van der Waals surface area contributed by atoms with Crippen LogP contribution in [0.15, 0.2) is 12.1 Å². The molecule has 1 heterocycles. The highest BCUT2D eigenvalue weighted by Gasteiger charge is 2.35. The summed E-state index contributed by atoms with van der Waals surface area (Å²) in [5.41, 5.74) is 6.65. The number of halogens is 4. The van der Waals surface area contributed by atoms with Crippen LogP contribution in [0.5, 0.6) is 0 Å². The van der Waals surface area contributed by atoms with Crippen LogP contribution in [-0.4, -0.2) is 19.0 Å². The fraction of sp³-hybridized carbons (Fsp3) is 0.455. The zero-order valence-electron chi connectivity index (χ0n) is 9.02. The Morgan fingerprint density at radius 1 is 1.12 bits per heavy atom. The number of benzene rings is 1. The minimum absolute atomic E-state index is 0.177. The number of alkyl halides is 2. The number of anilines is 2. The van der Waals surface area contributed by atoms with E-state index in [4.69, 9.17) is 28.9 Å². The highest BCUT2D eigenvalue weighted by Crippen LogP contribution is 2.39. The van der Waals surface area contributed by atoms with Gasteiger partial charge in [0.15, 0.2) is 0 Å². The zero-order chi connectivity index (χ0) is 12.6. The van der Waals surface area contributed by atoms with Crippen molar-refractivity contribution < 1.29 is 8.78 Å². The van der Waals surface area contributed by atoms with E-state index in [9.17, 15) is 8.78 Å². The van der Waals surface area contributed by atoms with Gasteiger partial charge < -0.3 is 10.6 Å². The standard InChI is InChI=1S/C11H12Cl2F2N2/c12-8-5-7(16)6-9(13)10(8)17-3-1-11(14,15)2-4-17/h5-6H,1-4,16H2. The van der Waals surface area contributed by atoms with E-state index in [1.165, 1.54) is 0 Å². The van der Waals surface area contributed by atoms with Gasteiger partial charge in [-0.25, -0.2) is 8.78 Å². The highest BCUT2D eigenvalue weighted by atomic mass is 35.5. The number of piperidine rings is 1. The van der Waals surface area contributed by atoms with Gasteiger partial charge in [-0.15, -0.1) is 0 Å². The minimum Gasteiger partial charge on any atom is -0.399 e. The molecule has 17 heavy (non-hydrogen) atoms. The van der Waals surface area contributed by atoms with Crippen molar-refractivity contribution in [3.05, 3.63) is 22.2 Å². The van der Waals surface area contributed by atoms with Crippen LogP contribution in [0, 0.1) is 0 Å². The van der Waals surface area contributed by atoms with Crippen LogP contribution in [0.25, 0.3) is 0 Å². The molecular formula is C11H12Cl2F2N2. The quantitative estimate of drug-likeness (QED) is 0.793. The molecule has 0 saturated carbocycles. The Balaban J connectivity index is 2.24. The van der Waals surface area contributed by atoms with Gasteiger partial charge >= 0.3 is 0 Å². The molecule has 0 aliphatic carbocycles. The van der Waals surface area contributed by atoms with E-state index in [0.717, 1.165) is 0 Å². The lowest BCUT2D eigenvalue weighted by Crippen LogP contribution is -2.39.